The van der Waals surface area contributed by atoms with Crippen LogP contribution in [0.1, 0.15) is 18.5 Å². The molecule has 1 saturated heterocycles. The highest BCUT2D eigenvalue weighted by atomic mass is 32.2. The van der Waals surface area contributed by atoms with E-state index in [2.05, 4.69) is 20.6 Å². The highest BCUT2D eigenvalue weighted by Gasteiger charge is 2.34. The maximum Gasteiger partial charge on any atom is 0.322 e. The first-order valence-corrected chi connectivity index (χ1v) is 11.4. The number of piperidine rings is 1. The predicted molar refractivity (Wildman–Crippen MR) is 106 cm³/mol. The first-order chi connectivity index (χ1) is 13.8. The predicted octanol–water partition coefficient (Wildman–Crippen LogP) is 1.88. The Balaban J connectivity index is 1.44. The normalized spacial score (nSPS) is 18.1. The van der Waals surface area contributed by atoms with Gasteiger partial charge < -0.3 is 4.42 Å². The molecule has 1 aliphatic heterocycles. The first kappa shape index (κ1) is 19.7. The van der Waals surface area contributed by atoms with Crippen LogP contribution in [-0.2, 0) is 21.9 Å². The third-order valence-corrected chi connectivity index (χ3v) is 7.96. The zero-order valence-electron chi connectivity index (χ0n) is 15.9. The van der Waals surface area contributed by atoms with Crippen molar-refractivity contribution in [1.29, 1.82) is 0 Å². The van der Waals surface area contributed by atoms with Crippen LogP contribution in [0.2, 0.25) is 0 Å². The summed E-state index contributed by atoms with van der Waals surface area (Å²) in [7, 11) is -1.82. The molecule has 1 aliphatic rings. The van der Waals surface area contributed by atoms with Gasteiger partial charge in [-0.05, 0) is 37.3 Å². The van der Waals surface area contributed by atoms with E-state index in [4.69, 9.17) is 4.42 Å². The molecule has 4 heterocycles. The molecule has 0 spiro atoms. The average molecular weight is 437 g/mol. The quantitative estimate of drug-likeness (QED) is 0.648. The van der Waals surface area contributed by atoms with Gasteiger partial charge in [-0.25, -0.2) is 8.42 Å². The number of hydrogen-bond donors (Lipinski definition) is 1. The molecular formula is C17H20N6O4S2. The molecule has 3 aromatic heterocycles. The van der Waals surface area contributed by atoms with Crippen molar-refractivity contribution in [2.75, 3.05) is 18.4 Å². The molecule has 12 heteroatoms. The maximum atomic E-state index is 12.7. The number of nitrogens with one attached hydrogen (secondary N) is 1. The lowest BCUT2D eigenvalue weighted by molar-refractivity contribution is -0.121. The van der Waals surface area contributed by atoms with Gasteiger partial charge >= 0.3 is 6.01 Å². The van der Waals surface area contributed by atoms with E-state index in [9.17, 15) is 13.2 Å². The van der Waals surface area contributed by atoms with Gasteiger partial charge in [0.15, 0.2) is 0 Å². The Morgan fingerprint density at radius 2 is 2.21 bits per heavy atom. The first-order valence-electron chi connectivity index (χ1n) is 9.03. The number of sulfonamides is 1. The lowest BCUT2D eigenvalue weighted by atomic mass is 9.99. The topological polar surface area (TPSA) is 123 Å². The number of carbonyl (C=O) groups is 1. The summed E-state index contributed by atoms with van der Waals surface area (Å²) in [5.74, 6) is -0.589. The third-order valence-electron chi connectivity index (χ3n) is 4.72. The van der Waals surface area contributed by atoms with Crippen LogP contribution < -0.4 is 5.32 Å². The Morgan fingerprint density at radius 3 is 2.90 bits per heavy atom. The number of rotatable bonds is 5. The highest BCUT2D eigenvalue weighted by molar-refractivity contribution is 7.91. The average Bonchev–Trinajstić information content (AvgIpc) is 3.43. The van der Waals surface area contributed by atoms with Gasteiger partial charge in [-0.2, -0.15) is 9.40 Å². The Labute approximate surface area is 171 Å². The molecule has 154 valence electrons. The number of aryl methyl sites for hydroxylation is 2. The van der Waals surface area contributed by atoms with Gasteiger partial charge in [0.05, 0.1) is 11.6 Å². The van der Waals surface area contributed by atoms with E-state index in [1.165, 1.54) is 15.6 Å². The highest BCUT2D eigenvalue weighted by Crippen LogP contribution is 2.27. The van der Waals surface area contributed by atoms with Crippen molar-refractivity contribution in [2.45, 2.75) is 24.0 Å². The van der Waals surface area contributed by atoms with Crippen LogP contribution in [0.5, 0.6) is 0 Å². The summed E-state index contributed by atoms with van der Waals surface area (Å²) < 4.78 is 34.2. The molecule has 0 unspecified atom stereocenters. The fraction of sp³-hybridized carbons (Fsp3) is 0.412. The van der Waals surface area contributed by atoms with Gasteiger partial charge in [0, 0.05) is 20.1 Å². The molecule has 29 heavy (non-hydrogen) atoms. The monoisotopic (exact) mass is 436 g/mol. The standard InChI is InChI=1S/C17H20N6O4S2/c1-11-9-13(22(2)21-11)16-19-20-17(27-16)18-15(24)12-5-3-7-23(10-12)29(25,26)14-6-4-8-28-14/h4,6,8-9,12H,3,5,7,10H2,1-2H3,(H,18,20,24)/t12-/m1/s1. The molecule has 3 aromatic rings. The Kier molecular flexibility index (Phi) is 5.23. The molecule has 0 aliphatic carbocycles. The number of amides is 1. The second kappa shape index (κ2) is 7.69. The lowest BCUT2D eigenvalue weighted by Crippen LogP contribution is -2.43. The van der Waals surface area contributed by atoms with Crippen LogP contribution in [0.25, 0.3) is 11.6 Å². The molecule has 0 bridgehead atoms. The van der Waals surface area contributed by atoms with E-state index in [-0.39, 0.29) is 28.6 Å². The largest absolute Gasteiger partial charge is 0.401 e. The van der Waals surface area contributed by atoms with Gasteiger partial charge in [0.2, 0.25) is 5.91 Å². The van der Waals surface area contributed by atoms with Crippen molar-refractivity contribution in [1.82, 2.24) is 24.3 Å². The number of aromatic nitrogens is 4. The minimum atomic E-state index is -3.58. The van der Waals surface area contributed by atoms with Crippen molar-refractivity contribution >= 4 is 33.3 Å². The second-order valence-electron chi connectivity index (χ2n) is 6.83. The van der Waals surface area contributed by atoms with Crippen LogP contribution in [0.15, 0.2) is 32.2 Å². The second-order valence-corrected chi connectivity index (χ2v) is 9.94. The zero-order valence-corrected chi connectivity index (χ0v) is 17.5. The number of nitrogens with zero attached hydrogens (tertiary/aromatic N) is 5. The number of anilines is 1. The van der Waals surface area contributed by atoms with Gasteiger partial charge in [-0.3, -0.25) is 14.8 Å². The van der Waals surface area contributed by atoms with E-state index < -0.39 is 15.9 Å². The molecule has 0 radical (unpaired) electrons. The molecule has 4 rings (SSSR count). The molecule has 10 nitrogen and oxygen atoms in total. The summed E-state index contributed by atoms with van der Waals surface area (Å²) in [6.07, 6.45) is 1.19. The third kappa shape index (κ3) is 3.95. The van der Waals surface area contributed by atoms with Crippen molar-refractivity contribution in [2.24, 2.45) is 13.0 Å². The van der Waals surface area contributed by atoms with Crippen LogP contribution >= 0.6 is 11.3 Å². The number of thiophene rings is 1. The maximum absolute atomic E-state index is 12.7. The summed E-state index contributed by atoms with van der Waals surface area (Å²) in [4.78, 5) is 12.7. The summed E-state index contributed by atoms with van der Waals surface area (Å²) in [5.41, 5.74) is 1.45. The fourth-order valence-corrected chi connectivity index (χ4v) is 5.98. The summed E-state index contributed by atoms with van der Waals surface area (Å²) in [6, 6.07) is 5.04. The van der Waals surface area contributed by atoms with Crippen molar-refractivity contribution < 1.29 is 17.6 Å². The van der Waals surface area contributed by atoms with Crippen molar-refractivity contribution in [3.8, 4) is 11.6 Å². The lowest BCUT2D eigenvalue weighted by Gasteiger charge is -2.30. The Hall–Kier alpha value is -2.57. The summed E-state index contributed by atoms with van der Waals surface area (Å²) in [6.45, 7) is 2.37. The van der Waals surface area contributed by atoms with E-state index in [1.54, 1.807) is 35.3 Å². The van der Waals surface area contributed by atoms with Gasteiger partial charge in [0.1, 0.15) is 9.90 Å². The van der Waals surface area contributed by atoms with Crippen LogP contribution in [0.3, 0.4) is 0 Å². The van der Waals surface area contributed by atoms with Gasteiger partial charge in [-0.1, -0.05) is 11.2 Å². The SMILES string of the molecule is Cc1cc(-c2nnc(NC(=O)[C@@H]3CCCN(S(=O)(=O)c4cccs4)C3)o2)n(C)n1. The Morgan fingerprint density at radius 1 is 1.38 bits per heavy atom. The molecule has 1 atom stereocenters. The summed E-state index contributed by atoms with van der Waals surface area (Å²) in [5, 5.41) is 16.4. The van der Waals surface area contributed by atoms with E-state index in [0.717, 1.165) is 5.69 Å². The van der Waals surface area contributed by atoms with Gasteiger partial charge in [0.25, 0.3) is 15.9 Å². The van der Waals surface area contributed by atoms with E-state index >= 15 is 0 Å². The Bertz CT molecular complexity index is 1120. The van der Waals surface area contributed by atoms with Gasteiger partial charge in [-0.15, -0.1) is 16.4 Å². The minimum absolute atomic E-state index is 0.0258. The van der Waals surface area contributed by atoms with Crippen molar-refractivity contribution in [3.05, 3.63) is 29.3 Å². The smallest absolute Gasteiger partial charge is 0.322 e. The van der Waals surface area contributed by atoms with E-state index in [1.807, 2.05) is 6.92 Å². The van der Waals surface area contributed by atoms with Crippen molar-refractivity contribution in [3.63, 3.8) is 0 Å². The zero-order chi connectivity index (χ0) is 20.6. The van der Waals surface area contributed by atoms with Crippen LogP contribution in [0, 0.1) is 12.8 Å². The molecule has 1 amide bonds. The molecule has 1 fully saturated rings. The summed E-state index contributed by atoms with van der Waals surface area (Å²) >= 11 is 1.17. The minimum Gasteiger partial charge on any atom is -0.401 e. The molecule has 0 aromatic carbocycles. The number of hydrogen-bond acceptors (Lipinski definition) is 8. The van der Waals surface area contributed by atoms with E-state index in [0.29, 0.717) is 25.1 Å². The fourth-order valence-electron chi connectivity index (χ4n) is 3.31. The number of carbonyl (C=O) groups excluding carboxylic acids is 1. The van der Waals surface area contributed by atoms with Crippen LogP contribution in [0.4, 0.5) is 6.01 Å². The molecular weight excluding hydrogens is 416 g/mol. The molecule has 0 saturated carbocycles. The van der Waals surface area contributed by atoms with Crippen LogP contribution in [-0.4, -0.2) is 51.7 Å². The molecule has 1 N–H and O–H groups in total.